The molecule has 0 N–H and O–H groups in total. The molecule has 1 atom stereocenters. The molecule has 2 aliphatic rings. The first-order valence-corrected chi connectivity index (χ1v) is 16.5. The van der Waals surface area contributed by atoms with Crippen LogP contribution in [0.3, 0.4) is 0 Å². The smallest absolute Gasteiger partial charge is 0.256 e. The number of aromatic nitrogens is 2. The molecule has 4 heterocycles. The Balaban J connectivity index is 1.57. The lowest BCUT2D eigenvalue weighted by Crippen LogP contribution is -2.59. The molecule has 11 heteroatoms. The van der Waals surface area contributed by atoms with Crippen LogP contribution < -0.4 is 0 Å². The van der Waals surface area contributed by atoms with Crippen molar-refractivity contribution in [3.05, 3.63) is 68.7 Å². The molecule has 2 aromatic heterocycles. The Morgan fingerprint density at radius 1 is 1.27 bits per heavy atom. The molecule has 0 aliphatic carbocycles. The second-order valence-corrected chi connectivity index (χ2v) is 17.7. The molecule has 1 fully saturated rings. The number of rotatable bonds is 6. The molecule has 6 nitrogen and oxygen atoms in total. The third-order valence-electron chi connectivity index (χ3n) is 7.65. The van der Waals surface area contributed by atoms with Crippen LogP contribution in [-0.4, -0.2) is 48.9 Å². The van der Waals surface area contributed by atoms with Crippen LogP contribution >= 0.6 is 34.5 Å². The first kappa shape index (κ1) is 26.7. The van der Waals surface area contributed by atoms with Crippen molar-refractivity contribution in [3.8, 4) is 10.6 Å². The van der Waals surface area contributed by atoms with Crippen LogP contribution in [0.15, 0.2) is 36.5 Å². The van der Waals surface area contributed by atoms with Crippen LogP contribution in [0, 0.1) is 5.82 Å². The summed E-state index contributed by atoms with van der Waals surface area (Å²) in [7, 11) is -2.12. The number of carbonyl (C=O) groups excluding carboxylic acids is 1. The highest BCUT2D eigenvalue weighted by molar-refractivity contribution is 7.16. The number of thiophene rings is 1. The van der Waals surface area contributed by atoms with Crippen LogP contribution in [0.25, 0.3) is 10.6 Å². The van der Waals surface area contributed by atoms with E-state index in [2.05, 4.69) is 43.8 Å². The zero-order chi connectivity index (χ0) is 26.8. The van der Waals surface area contributed by atoms with Gasteiger partial charge in [0.2, 0.25) is 5.28 Å². The van der Waals surface area contributed by atoms with E-state index >= 15 is 0 Å². The highest BCUT2D eigenvalue weighted by atomic mass is 35.5. The van der Waals surface area contributed by atoms with Crippen molar-refractivity contribution in [1.82, 2.24) is 14.9 Å². The average Bonchev–Trinajstić information content (AvgIpc) is 3.32. The summed E-state index contributed by atoms with van der Waals surface area (Å²) in [4.78, 5) is 25.1. The highest BCUT2D eigenvalue weighted by Gasteiger charge is 2.59. The van der Waals surface area contributed by atoms with Crippen molar-refractivity contribution < 1.29 is 18.3 Å². The molecule has 1 amide bonds. The van der Waals surface area contributed by atoms with E-state index in [0.29, 0.717) is 35.3 Å². The number of hydrogen-bond donors (Lipinski definition) is 0. The normalized spacial score (nSPS) is 17.7. The van der Waals surface area contributed by atoms with Gasteiger partial charge in [0, 0.05) is 9.90 Å². The van der Waals surface area contributed by atoms with Gasteiger partial charge in [-0.25, -0.2) is 14.4 Å². The largest absolute Gasteiger partial charge is 0.414 e. The lowest BCUT2D eigenvalue weighted by atomic mass is 9.92. The van der Waals surface area contributed by atoms with Crippen molar-refractivity contribution in [2.75, 3.05) is 19.8 Å². The number of ether oxygens (including phenoxy) is 1. The Hall–Kier alpha value is -1.88. The van der Waals surface area contributed by atoms with Gasteiger partial charge in [-0.3, -0.25) is 4.79 Å². The molecule has 1 aromatic carbocycles. The molecule has 0 bridgehead atoms. The molecule has 0 radical (unpaired) electrons. The van der Waals surface area contributed by atoms with E-state index in [0.717, 1.165) is 16.6 Å². The third-order valence-corrected chi connectivity index (χ3v) is 13.9. The molecule has 1 saturated heterocycles. The number of benzene rings is 1. The lowest BCUT2D eigenvalue weighted by Gasteiger charge is -2.49. The number of carbonyl (C=O) groups is 1. The fourth-order valence-electron chi connectivity index (χ4n) is 4.51. The van der Waals surface area contributed by atoms with Gasteiger partial charge < -0.3 is 14.1 Å². The molecular formula is C26H28Cl2FN3O3SSi. The second kappa shape index (κ2) is 9.39. The minimum atomic E-state index is -2.12. The van der Waals surface area contributed by atoms with E-state index in [-0.39, 0.29) is 28.0 Å². The standard InChI is InChI=1S/C26H28Cl2FN3O3SSi/c1-25(2,3)37(4,5)35-12-19(15-7-6-8-16(27)9-15)32-23(33)17-10-20(21-18(29)11-30-24(28)31-21)36-22(17)26(32)13-34-14-26/h6-11,19H,12-14H2,1-5H3/t19-/m1/s1. The van der Waals surface area contributed by atoms with Crippen LogP contribution in [0.1, 0.15) is 47.6 Å². The highest BCUT2D eigenvalue weighted by Crippen LogP contribution is 2.53. The number of halogens is 3. The van der Waals surface area contributed by atoms with Crippen LogP contribution in [0.5, 0.6) is 0 Å². The summed E-state index contributed by atoms with van der Waals surface area (Å²) >= 11 is 13.7. The minimum absolute atomic E-state index is 0.00849. The van der Waals surface area contributed by atoms with Gasteiger partial charge in [-0.2, -0.15) is 0 Å². The van der Waals surface area contributed by atoms with Gasteiger partial charge in [0.25, 0.3) is 5.91 Å². The summed E-state index contributed by atoms with van der Waals surface area (Å²) < 4.78 is 26.9. The van der Waals surface area contributed by atoms with Crippen molar-refractivity contribution in [2.45, 2.75) is 50.5 Å². The molecule has 2 aliphatic heterocycles. The van der Waals surface area contributed by atoms with E-state index in [1.807, 2.05) is 29.2 Å². The zero-order valence-electron chi connectivity index (χ0n) is 21.3. The third kappa shape index (κ3) is 4.53. The summed E-state index contributed by atoms with van der Waals surface area (Å²) in [6, 6.07) is 8.89. The molecule has 1 spiro atoms. The van der Waals surface area contributed by atoms with E-state index in [1.54, 1.807) is 6.07 Å². The van der Waals surface area contributed by atoms with E-state index < -0.39 is 19.7 Å². The van der Waals surface area contributed by atoms with Gasteiger partial charge in [0.15, 0.2) is 14.1 Å². The molecule has 196 valence electrons. The van der Waals surface area contributed by atoms with Crippen molar-refractivity contribution in [3.63, 3.8) is 0 Å². The van der Waals surface area contributed by atoms with Gasteiger partial charge in [0.05, 0.1) is 42.5 Å². The van der Waals surface area contributed by atoms with Gasteiger partial charge in [-0.1, -0.05) is 44.5 Å². The molecule has 0 saturated carbocycles. The Morgan fingerprint density at radius 3 is 2.62 bits per heavy atom. The number of amides is 1. The summed E-state index contributed by atoms with van der Waals surface area (Å²) in [6.07, 6.45) is 1.04. The monoisotopic (exact) mass is 579 g/mol. The van der Waals surface area contributed by atoms with E-state index in [9.17, 15) is 9.18 Å². The number of nitrogens with zero attached hydrogens (tertiary/aromatic N) is 3. The quantitative estimate of drug-likeness (QED) is 0.230. The van der Waals surface area contributed by atoms with Crippen LogP contribution in [-0.2, 0) is 14.7 Å². The molecular weight excluding hydrogens is 552 g/mol. The van der Waals surface area contributed by atoms with Gasteiger partial charge in [-0.05, 0) is 53.5 Å². The topological polar surface area (TPSA) is 64.5 Å². The Labute approximate surface area is 230 Å². The molecule has 5 rings (SSSR count). The maximum absolute atomic E-state index is 14.6. The fraction of sp³-hybridized carbons (Fsp3) is 0.423. The Morgan fingerprint density at radius 2 is 2.00 bits per heavy atom. The van der Waals surface area contributed by atoms with Gasteiger partial charge in [-0.15, -0.1) is 11.3 Å². The minimum Gasteiger partial charge on any atom is -0.414 e. The summed E-state index contributed by atoms with van der Waals surface area (Å²) in [5, 5.41) is 0.547. The van der Waals surface area contributed by atoms with E-state index in [1.165, 1.54) is 11.3 Å². The Bertz CT molecular complexity index is 1370. The fourth-order valence-corrected chi connectivity index (χ4v) is 7.15. The van der Waals surface area contributed by atoms with Crippen molar-refractivity contribution in [2.24, 2.45) is 0 Å². The summed E-state index contributed by atoms with van der Waals surface area (Å²) in [6.45, 7) is 12.0. The first-order chi connectivity index (χ1) is 17.3. The van der Waals surface area contributed by atoms with Crippen molar-refractivity contribution in [1.29, 1.82) is 0 Å². The summed E-state index contributed by atoms with van der Waals surface area (Å²) in [5.74, 6) is -0.739. The number of hydrogen-bond acceptors (Lipinski definition) is 6. The van der Waals surface area contributed by atoms with Crippen LogP contribution in [0.4, 0.5) is 4.39 Å². The van der Waals surface area contributed by atoms with Gasteiger partial charge >= 0.3 is 0 Å². The Kier molecular flexibility index (Phi) is 6.78. The maximum atomic E-state index is 14.6. The summed E-state index contributed by atoms with van der Waals surface area (Å²) in [5.41, 5.74) is 0.834. The molecule has 37 heavy (non-hydrogen) atoms. The average molecular weight is 581 g/mol. The second-order valence-electron chi connectivity index (χ2n) is 11.0. The zero-order valence-corrected chi connectivity index (χ0v) is 24.6. The maximum Gasteiger partial charge on any atom is 0.256 e. The predicted octanol–water partition coefficient (Wildman–Crippen LogP) is 7.10. The van der Waals surface area contributed by atoms with E-state index in [4.69, 9.17) is 32.4 Å². The van der Waals surface area contributed by atoms with Crippen molar-refractivity contribution >= 4 is 48.8 Å². The van der Waals surface area contributed by atoms with Crippen LogP contribution in [0.2, 0.25) is 28.4 Å². The predicted molar refractivity (Wildman–Crippen MR) is 146 cm³/mol. The number of fused-ring (bicyclic) bond motifs is 2. The first-order valence-electron chi connectivity index (χ1n) is 12.0. The SMILES string of the molecule is CC(C)(C)[Si](C)(C)OC[C@H](c1cccc(Cl)c1)N1C(=O)c2cc(-c3nc(Cl)ncc3F)sc2C12COC2. The van der Waals surface area contributed by atoms with Gasteiger partial charge in [0.1, 0.15) is 11.2 Å². The lowest BCUT2D eigenvalue weighted by molar-refractivity contribution is -0.138. The molecule has 3 aromatic rings. The molecule has 0 unspecified atom stereocenters.